The first-order chi connectivity index (χ1) is 14.0. The molecule has 0 unspecified atom stereocenters. The van der Waals surface area contributed by atoms with Crippen molar-refractivity contribution >= 4 is 56.2 Å². The third-order valence-corrected chi connectivity index (χ3v) is 6.18. The van der Waals surface area contributed by atoms with Gasteiger partial charge in [0.15, 0.2) is 5.17 Å². The highest BCUT2D eigenvalue weighted by atomic mass is 79.9. The molecule has 0 spiro atoms. The average molecular weight is 463 g/mol. The number of aliphatic imine (C=N–C) groups is 1. The summed E-state index contributed by atoms with van der Waals surface area (Å²) in [7, 11) is 0. The second-order valence-electron chi connectivity index (χ2n) is 6.85. The van der Waals surface area contributed by atoms with E-state index in [0.29, 0.717) is 10.1 Å². The first-order valence-corrected chi connectivity index (χ1v) is 10.8. The highest BCUT2D eigenvalue weighted by molar-refractivity contribution is 9.10. The topological polar surface area (TPSA) is 32.7 Å². The van der Waals surface area contributed by atoms with Crippen molar-refractivity contribution in [2.75, 3.05) is 4.90 Å². The number of thioether (sulfide) groups is 1. The van der Waals surface area contributed by atoms with Crippen LogP contribution in [0.5, 0.6) is 0 Å². The molecule has 0 radical (unpaired) electrons. The molecular formula is C24H19BrN2OS. The number of aryl methyl sites for hydroxylation is 2. The number of anilines is 1. The summed E-state index contributed by atoms with van der Waals surface area (Å²) in [5.41, 5.74) is 4.85. The number of benzene rings is 3. The Morgan fingerprint density at radius 2 is 1.66 bits per heavy atom. The van der Waals surface area contributed by atoms with E-state index in [2.05, 4.69) is 15.9 Å². The highest BCUT2D eigenvalue weighted by Crippen LogP contribution is 2.38. The quantitative estimate of drug-likeness (QED) is 0.397. The number of carbonyl (C=O) groups is 1. The Morgan fingerprint density at radius 1 is 0.931 bits per heavy atom. The van der Waals surface area contributed by atoms with Crippen LogP contribution < -0.4 is 4.90 Å². The lowest BCUT2D eigenvalue weighted by Crippen LogP contribution is -2.28. The molecule has 1 aliphatic heterocycles. The maximum atomic E-state index is 13.3. The van der Waals surface area contributed by atoms with E-state index in [0.717, 1.165) is 32.5 Å². The molecule has 0 N–H and O–H groups in total. The third kappa shape index (κ3) is 4.36. The van der Waals surface area contributed by atoms with Gasteiger partial charge in [0.2, 0.25) is 0 Å². The number of hydrogen-bond donors (Lipinski definition) is 0. The van der Waals surface area contributed by atoms with E-state index in [1.165, 1.54) is 11.8 Å². The minimum Gasteiger partial charge on any atom is -0.268 e. The SMILES string of the molecule is Cc1cccc(N=C2S/C(=C\c3ccccc3Br)C(=O)N2c2cccc(C)c2)c1. The van der Waals surface area contributed by atoms with Gasteiger partial charge in [0.05, 0.1) is 16.3 Å². The number of rotatable bonds is 3. The van der Waals surface area contributed by atoms with E-state index in [1.54, 1.807) is 4.90 Å². The van der Waals surface area contributed by atoms with Crippen molar-refractivity contribution in [1.82, 2.24) is 0 Å². The van der Waals surface area contributed by atoms with Gasteiger partial charge in [0.1, 0.15) is 0 Å². The fourth-order valence-corrected chi connectivity index (χ4v) is 4.48. The molecule has 0 aromatic heterocycles. The maximum Gasteiger partial charge on any atom is 0.271 e. The van der Waals surface area contributed by atoms with Crippen LogP contribution in [0.25, 0.3) is 6.08 Å². The molecule has 1 aliphatic rings. The van der Waals surface area contributed by atoms with Gasteiger partial charge in [0.25, 0.3) is 5.91 Å². The number of nitrogens with zero attached hydrogens (tertiary/aromatic N) is 2. The standard InChI is InChI=1S/C24H19BrN2OS/c1-16-7-5-10-19(13-16)26-24-27(20-11-6-8-17(2)14-20)23(28)22(29-24)15-18-9-3-4-12-21(18)25/h3-15H,1-2H3/b22-15-,26-24?. The summed E-state index contributed by atoms with van der Waals surface area (Å²) in [5, 5.41) is 0.657. The zero-order valence-corrected chi connectivity index (χ0v) is 18.5. The summed E-state index contributed by atoms with van der Waals surface area (Å²) >= 11 is 4.96. The van der Waals surface area contributed by atoms with Crippen LogP contribution in [0.15, 0.2) is 87.2 Å². The summed E-state index contributed by atoms with van der Waals surface area (Å²) in [4.78, 5) is 20.5. The molecule has 5 heteroatoms. The Bertz CT molecular complexity index is 1150. The van der Waals surface area contributed by atoms with E-state index in [1.807, 2.05) is 92.7 Å². The van der Waals surface area contributed by atoms with Crippen LogP contribution in [0.4, 0.5) is 11.4 Å². The molecule has 1 fully saturated rings. The Balaban J connectivity index is 1.81. The van der Waals surface area contributed by atoms with Crippen LogP contribution in [0.3, 0.4) is 0 Å². The Morgan fingerprint density at radius 3 is 2.38 bits per heavy atom. The molecule has 0 aliphatic carbocycles. The maximum absolute atomic E-state index is 13.3. The first kappa shape index (κ1) is 19.7. The predicted molar refractivity (Wildman–Crippen MR) is 127 cm³/mol. The second-order valence-corrected chi connectivity index (χ2v) is 8.71. The molecule has 0 atom stereocenters. The molecule has 1 heterocycles. The van der Waals surface area contributed by atoms with Crippen molar-refractivity contribution in [3.05, 3.63) is 98.9 Å². The largest absolute Gasteiger partial charge is 0.271 e. The number of amidine groups is 1. The van der Waals surface area contributed by atoms with Crippen LogP contribution in [-0.2, 0) is 4.79 Å². The van der Waals surface area contributed by atoms with E-state index < -0.39 is 0 Å². The van der Waals surface area contributed by atoms with Gasteiger partial charge < -0.3 is 0 Å². The molecule has 1 amide bonds. The van der Waals surface area contributed by atoms with Crippen molar-refractivity contribution in [2.45, 2.75) is 13.8 Å². The average Bonchev–Trinajstić information content (AvgIpc) is 2.98. The summed E-state index contributed by atoms with van der Waals surface area (Å²) in [6.45, 7) is 4.06. The van der Waals surface area contributed by atoms with Crippen LogP contribution in [0.1, 0.15) is 16.7 Å². The number of halogens is 1. The molecule has 0 bridgehead atoms. The first-order valence-electron chi connectivity index (χ1n) is 9.22. The summed E-state index contributed by atoms with van der Waals surface area (Å²) in [5.74, 6) is -0.0669. The fraction of sp³-hybridized carbons (Fsp3) is 0.0833. The van der Waals surface area contributed by atoms with Crippen molar-refractivity contribution in [2.24, 2.45) is 4.99 Å². The number of amides is 1. The van der Waals surface area contributed by atoms with Crippen molar-refractivity contribution in [3.8, 4) is 0 Å². The van der Waals surface area contributed by atoms with Gasteiger partial charge in [-0.3, -0.25) is 9.69 Å². The van der Waals surface area contributed by atoms with Crippen molar-refractivity contribution < 1.29 is 4.79 Å². The van der Waals surface area contributed by atoms with Gasteiger partial charge >= 0.3 is 0 Å². The van der Waals surface area contributed by atoms with Crippen LogP contribution >= 0.6 is 27.7 Å². The Kier molecular flexibility index (Phi) is 5.69. The van der Waals surface area contributed by atoms with E-state index in [9.17, 15) is 4.79 Å². The molecule has 1 saturated heterocycles. The minimum absolute atomic E-state index is 0.0669. The smallest absolute Gasteiger partial charge is 0.268 e. The summed E-state index contributed by atoms with van der Waals surface area (Å²) < 4.78 is 0.951. The highest BCUT2D eigenvalue weighted by Gasteiger charge is 2.34. The lowest BCUT2D eigenvalue weighted by atomic mass is 10.2. The fourth-order valence-electron chi connectivity index (χ4n) is 3.08. The summed E-state index contributed by atoms with van der Waals surface area (Å²) in [6.07, 6.45) is 1.92. The van der Waals surface area contributed by atoms with Gasteiger partial charge in [-0.15, -0.1) is 0 Å². The van der Waals surface area contributed by atoms with Crippen LogP contribution in [0.2, 0.25) is 0 Å². The molecule has 29 heavy (non-hydrogen) atoms. The molecule has 3 nitrogen and oxygen atoms in total. The molecule has 144 valence electrons. The molecule has 3 aromatic rings. The number of carbonyl (C=O) groups excluding carboxylic acids is 1. The minimum atomic E-state index is -0.0669. The molecule has 4 rings (SSSR count). The molecule has 0 saturated carbocycles. The molecule has 3 aromatic carbocycles. The van der Waals surface area contributed by atoms with Gasteiger partial charge in [-0.25, -0.2) is 4.99 Å². The van der Waals surface area contributed by atoms with Crippen LogP contribution in [-0.4, -0.2) is 11.1 Å². The zero-order valence-electron chi connectivity index (χ0n) is 16.1. The Hall–Kier alpha value is -2.63. The predicted octanol–water partition coefficient (Wildman–Crippen LogP) is 6.87. The second kappa shape index (κ2) is 8.39. The van der Waals surface area contributed by atoms with E-state index in [4.69, 9.17) is 4.99 Å². The Labute approximate surface area is 183 Å². The lowest BCUT2D eigenvalue weighted by Gasteiger charge is -2.16. The molecular weight excluding hydrogens is 444 g/mol. The zero-order chi connectivity index (χ0) is 20.4. The van der Waals surface area contributed by atoms with Gasteiger partial charge in [0, 0.05) is 4.47 Å². The van der Waals surface area contributed by atoms with Gasteiger partial charge in [-0.1, -0.05) is 58.4 Å². The van der Waals surface area contributed by atoms with Crippen molar-refractivity contribution in [1.29, 1.82) is 0 Å². The third-order valence-electron chi connectivity index (χ3n) is 4.48. The lowest BCUT2D eigenvalue weighted by molar-refractivity contribution is -0.113. The van der Waals surface area contributed by atoms with E-state index >= 15 is 0 Å². The van der Waals surface area contributed by atoms with E-state index in [-0.39, 0.29) is 5.91 Å². The van der Waals surface area contributed by atoms with Gasteiger partial charge in [-0.2, -0.15) is 0 Å². The summed E-state index contributed by atoms with van der Waals surface area (Å²) in [6, 6.07) is 23.8. The van der Waals surface area contributed by atoms with Crippen molar-refractivity contribution in [3.63, 3.8) is 0 Å². The monoisotopic (exact) mass is 462 g/mol. The normalized spacial score (nSPS) is 16.8. The number of hydrogen-bond acceptors (Lipinski definition) is 3. The van der Waals surface area contributed by atoms with Gasteiger partial charge in [-0.05, 0) is 78.7 Å². The van der Waals surface area contributed by atoms with Crippen LogP contribution in [0, 0.1) is 13.8 Å².